The number of benzene rings is 3. The number of rotatable bonds is 14. The Kier molecular flexibility index (Phi) is 12.5. The van der Waals surface area contributed by atoms with Crippen molar-refractivity contribution in [2.45, 2.75) is 55.6 Å². The van der Waals surface area contributed by atoms with Crippen LogP contribution in [-0.2, 0) is 40.5 Å². The molecule has 5 aliphatic rings. The number of imide groups is 2. The van der Waals surface area contributed by atoms with Gasteiger partial charge in [-0.15, -0.1) is 11.8 Å². The van der Waals surface area contributed by atoms with Crippen molar-refractivity contribution in [1.82, 2.24) is 35.4 Å². The number of piperidine rings is 1. The zero-order valence-corrected chi connectivity index (χ0v) is 35.2. The van der Waals surface area contributed by atoms with Crippen LogP contribution in [0.3, 0.4) is 0 Å². The normalized spacial score (nSPS) is 23.4. The summed E-state index contributed by atoms with van der Waals surface area (Å²) in [4.78, 5) is 92.8. The summed E-state index contributed by atoms with van der Waals surface area (Å²) in [6.45, 7) is 0.717. The third kappa shape index (κ3) is 9.38. The molecular weight excluding hydrogens is 843 g/mol. The first kappa shape index (κ1) is 43.0. The Bertz CT molecular complexity index is 2400. The molecule has 4 N–H and O–H groups in total. The first-order chi connectivity index (χ1) is 29.7. The van der Waals surface area contributed by atoms with Crippen LogP contribution in [-0.4, -0.2) is 132 Å². The van der Waals surface area contributed by atoms with Crippen LogP contribution in [0.25, 0.3) is 0 Å². The van der Waals surface area contributed by atoms with E-state index >= 15 is 0 Å². The van der Waals surface area contributed by atoms with Crippen molar-refractivity contribution in [2.24, 2.45) is 5.92 Å². The largest absolute Gasteiger partial charge is 0.487 e. The lowest BCUT2D eigenvalue weighted by molar-refractivity contribution is -0.136. The van der Waals surface area contributed by atoms with Gasteiger partial charge in [0.1, 0.15) is 29.4 Å². The maximum absolute atomic E-state index is 13.6. The van der Waals surface area contributed by atoms with Crippen molar-refractivity contribution in [3.05, 3.63) is 101 Å². The summed E-state index contributed by atoms with van der Waals surface area (Å²) in [5, 5.41) is 11.3. The Labute approximate surface area is 361 Å². The van der Waals surface area contributed by atoms with Crippen molar-refractivity contribution in [3.8, 4) is 5.75 Å². The third-order valence-corrected chi connectivity index (χ3v) is 13.9. The van der Waals surface area contributed by atoms with Gasteiger partial charge in [0.25, 0.3) is 17.7 Å². The molecule has 3 aromatic rings. The van der Waals surface area contributed by atoms with Gasteiger partial charge in [-0.2, -0.15) is 0 Å². The average Bonchev–Trinajstić information content (AvgIpc) is 3.99. The average molecular weight is 888 g/mol. The molecule has 0 bridgehead atoms. The molecule has 8 rings (SSSR count). The van der Waals surface area contributed by atoms with Crippen molar-refractivity contribution < 1.29 is 51.5 Å². The van der Waals surface area contributed by atoms with E-state index in [1.165, 1.54) is 28.2 Å². The van der Waals surface area contributed by atoms with Gasteiger partial charge < -0.3 is 25.0 Å². The summed E-state index contributed by atoms with van der Waals surface area (Å²) in [6.07, 6.45) is 1.14. The van der Waals surface area contributed by atoms with Crippen LogP contribution in [0.15, 0.2) is 72.8 Å². The molecule has 4 fully saturated rings. The number of likely N-dealkylation sites (tertiary alicyclic amines) is 1. The fourth-order valence-corrected chi connectivity index (χ4v) is 10.0. The molecule has 5 aliphatic heterocycles. The second kappa shape index (κ2) is 18.0. The topological polar surface area (TPSA) is 230 Å². The standard InChI is InChI=1S/C42H45N7O11S2/c1-62(57,58)48-16-15-27(18-48)36(51)43-32(37(52)46-42-44-33(23-61-42)25-5-3-2-4-6-25)22-59-21-24-7-9-26(10-8-24)39(54)47-19-29(20-47)60-28-11-12-30-31(17-28)41(56)49(40(30)55)34-13-14-35(50)45-38(34)53/h2-12,17,27,29,32-34,42,44H,13-16,18-23H2,1H3,(H,43,51)(H,46,52)(H,45,50,53)/t27?,32-,33?,34?,42?/m0/s1. The van der Waals surface area contributed by atoms with Gasteiger partial charge in [0.15, 0.2) is 0 Å². The highest BCUT2D eigenvalue weighted by molar-refractivity contribution is 8.00. The van der Waals surface area contributed by atoms with Crippen LogP contribution in [0.2, 0.25) is 0 Å². The summed E-state index contributed by atoms with van der Waals surface area (Å²) in [5.41, 5.74) is 2.07. The highest BCUT2D eigenvalue weighted by Crippen LogP contribution is 2.32. The summed E-state index contributed by atoms with van der Waals surface area (Å²) in [7, 11) is -3.47. The Morgan fingerprint density at radius 1 is 0.919 bits per heavy atom. The van der Waals surface area contributed by atoms with Gasteiger partial charge in [-0.05, 0) is 54.3 Å². The fraction of sp³-hybridized carbons (Fsp3) is 0.405. The molecule has 4 saturated heterocycles. The number of nitrogens with zero attached hydrogens (tertiary/aromatic N) is 3. The van der Waals surface area contributed by atoms with Crippen LogP contribution in [0.1, 0.15) is 67.5 Å². The van der Waals surface area contributed by atoms with Crippen LogP contribution in [0.4, 0.5) is 0 Å². The number of hydrogen-bond donors (Lipinski definition) is 4. The lowest BCUT2D eigenvalue weighted by Crippen LogP contribution is -2.56. The van der Waals surface area contributed by atoms with E-state index < -0.39 is 69.0 Å². The number of carbonyl (C=O) groups is 7. The van der Waals surface area contributed by atoms with E-state index in [4.69, 9.17) is 9.47 Å². The Hall–Kier alpha value is -5.67. The smallest absolute Gasteiger partial charge is 0.262 e. The molecular formula is C42H45N7O11S2. The number of fused-ring (bicyclic) bond motifs is 1. The fourth-order valence-electron chi connectivity index (χ4n) is 7.99. The molecule has 3 aromatic carbocycles. The van der Waals surface area contributed by atoms with Gasteiger partial charge in [0.05, 0.1) is 49.6 Å². The number of carbonyl (C=O) groups excluding carboxylic acids is 7. The molecule has 20 heteroatoms. The summed E-state index contributed by atoms with van der Waals surface area (Å²) in [5.74, 6) is -3.06. The number of amides is 7. The van der Waals surface area contributed by atoms with E-state index in [1.54, 1.807) is 35.2 Å². The van der Waals surface area contributed by atoms with E-state index in [9.17, 15) is 42.0 Å². The Morgan fingerprint density at radius 2 is 1.66 bits per heavy atom. The predicted molar refractivity (Wildman–Crippen MR) is 223 cm³/mol. The second-order valence-corrected chi connectivity index (χ2v) is 19.0. The zero-order chi connectivity index (χ0) is 43.7. The summed E-state index contributed by atoms with van der Waals surface area (Å²) >= 11 is 1.53. The Balaban J connectivity index is 0.822. The van der Waals surface area contributed by atoms with Crippen LogP contribution in [0.5, 0.6) is 5.75 Å². The molecule has 18 nitrogen and oxygen atoms in total. The highest BCUT2D eigenvalue weighted by Gasteiger charge is 2.45. The molecule has 0 radical (unpaired) electrons. The minimum absolute atomic E-state index is 0.0198. The van der Waals surface area contributed by atoms with Crippen molar-refractivity contribution in [3.63, 3.8) is 0 Å². The summed E-state index contributed by atoms with van der Waals surface area (Å²) in [6, 6.07) is 19.0. The molecule has 0 saturated carbocycles. The van der Waals surface area contributed by atoms with Crippen molar-refractivity contribution >= 4 is 63.1 Å². The predicted octanol–water partition coefficient (Wildman–Crippen LogP) is 0.752. The van der Waals surface area contributed by atoms with Gasteiger partial charge in [-0.1, -0.05) is 42.5 Å². The molecule has 7 amide bonds. The minimum Gasteiger partial charge on any atom is -0.487 e. The minimum atomic E-state index is -3.47. The monoisotopic (exact) mass is 887 g/mol. The van der Waals surface area contributed by atoms with Crippen molar-refractivity contribution in [2.75, 3.05) is 44.8 Å². The van der Waals surface area contributed by atoms with Gasteiger partial charge in [-0.3, -0.25) is 49.1 Å². The zero-order valence-electron chi connectivity index (χ0n) is 33.6. The van der Waals surface area contributed by atoms with Crippen LogP contribution >= 0.6 is 11.8 Å². The van der Waals surface area contributed by atoms with Crippen LogP contribution < -0.4 is 26.0 Å². The van der Waals surface area contributed by atoms with E-state index in [2.05, 4.69) is 21.3 Å². The SMILES string of the molecule is CS(=O)(=O)N1CCC(C(=O)N[C@@H](COCc2ccc(C(=O)N3CC(Oc4ccc5c(c4)C(=O)N(C4CCC(=O)NC4=O)C5=O)C3)cc2)C(=O)NC2NC(c3ccccc3)CS2)C1. The third-order valence-electron chi connectivity index (χ3n) is 11.5. The number of hydrogen-bond acceptors (Lipinski definition) is 13. The maximum atomic E-state index is 13.6. The van der Waals surface area contributed by atoms with Gasteiger partial charge in [-0.25, -0.2) is 12.7 Å². The molecule has 0 spiro atoms. The van der Waals surface area contributed by atoms with Gasteiger partial charge in [0.2, 0.25) is 33.7 Å². The van der Waals surface area contributed by atoms with E-state index in [0.717, 1.165) is 28.0 Å². The first-order valence-corrected chi connectivity index (χ1v) is 23.1. The number of nitrogens with one attached hydrogen (secondary N) is 4. The second-order valence-electron chi connectivity index (χ2n) is 15.8. The first-order valence-electron chi connectivity index (χ1n) is 20.2. The quantitative estimate of drug-likeness (QED) is 0.164. The van der Waals surface area contributed by atoms with Crippen molar-refractivity contribution in [1.29, 1.82) is 0 Å². The molecule has 326 valence electrons. The number of thioether (sulfide) groups is 1. The molecule has 0 aromatic heterocycles. The molecule has 4 unspecified atom stereocenters. The number of ether oxygens (including phenoxy) is 2. The molecule has 62 heavy (non-hydrogen) atoms. The molecule has 5 atom stereocenters. The number of sulfonamides is 1. The highest BCUT2D eigenvalue weighted by atomic mass is 32.2. The van der Waals surface area contributed by atoms with Crippen LogP contribution in [0, 0.1) is 5.92 Å². The lowest BCUT2D eigenvalue weighted by atomic mass is 10.0. The van der Waals surface area contributed by atoms with Gasteiger partial charge in [0, 0.05) is 36.9 Å². The maximum Gasteiger partial charge on any atom is 0.262 e. The lowest BCUT2D eigenvalue weighted by Gasteiger charge is -2.39. The van der Waals surface area contributed by atoms with E-state index in [-0.39, 0.29) is 81.4 Å². The summed E-state index contributed by atoms with van der Waals surface area (Å²) < 4.78 is 37.3. The molecule has 0 aliphatic carbocycles. The van der Waals surface area contributed by atoms with Gasteiger partial charge >= 0.3 is 0 Å². The van der Waals surface area contributed by atoms with E-state index in [1.807, 2.05) is 30.3 Å². The Morgan fingerprint density at radius 3 is 2.37 bits per heavy atom. The van der Waals surface area contributed by atoms with E-state index in [0.29, 0.717) is 17.7 Å². The molecule has 5 heterocycles.